The van der Waals surface area contributed by atoms with Crippen molar-refractivity contribution < 1.29 is 22.8 Å². The van der Waals surface area contributed by atoms with Crippen molar-refractivity contribution in [3.8, 4) is 0 Å². The van der Waals surface area contributed by atoms with Gasteiger partial charge in [-0.2, -0.15) is 13.2 Å². The molecule has 9 heteroatoms. The predicted octanol–water partition coefficient (Wildman–Crippen LogP) is 3.50. The molecule has 0 spiro atoms. The molecular weight excluding hydrogens is 409 g/mol. The fourth-order valence-corrected chi connectivity index (χ4v) is 3.65. The van der Waals surface area contributed by atoms with E-state index in [1.54, 1.807) is 9.80 Å². The highest BCUT2D eigenvalue weighted by Crippen LogP contribution is 2.29. The van der Waals surface area contributed by atoms with Gasteiger partial charge in [0.15, 0.2) is 0 Å². The normalized spacial score (nSPS) is 14.8. The Labute approximate surface area is 176 Å². The van der Waals surface area contributed by atoms with Gasteiger partial charge in [0.2, 0.25) is 5.91 Å². The lowest BCUT2D eigenvalue weighted by molar-refractivity contribution is -0.137. The molecule has 0 saturated carbocycles. The molecule has 1 saturated heterocycles. The number of H-pyrrole nitrogens is 1. The standard InChI is InChI=1S/C22H21F3N4O2/c23-22(24,25)16-7-5-15(6-8-16)21(31)29-13-11-28(12-14-29)20(30)10-9-19-26-17-3-1-2-4-18(17)27-19/h1-8H,9-14H2,(H,26,27). The summed E-state index contributed by atoms with van der Waals surface area (Å²) in [5, 5.41) is 0. The van der Waals surface area contributed by atoms with Crippen LogP contribution in [0.4, 0.5) is 13.2 Å². The first-order valence-corrected chi connectivity index (χ1v) is 9.99. The molecule has 1 fully saturated rings. The number of nitrogens with one attached hydrogen (secondary N) is 1. The molecule has 3 aromatic rings. The zero-order valence-corrected chi connectivity index (χ0v) is 16.7. The first-order chi connectivity index (χ1) is 14.8. The van der Waals surface area contributed by atoms with Gasteiger partial charge in [0, 0.05) is 44.6 Å². The van der Waals surface area contributed by atoms with E-state index in [4.69, 9.17) is 0 Å². The molecule has 1 N–H and O–H groups in total. The summed E-state index contributed by atoms with van der Waals surface area (Å²) in [6.07, 6.45) is -3.62. The quantitative estimate of drug-likeness (QED) is 0.689. The minimum atomic E-state index is -4.43. The second-order valence-electron chi connectivity index (χ2n) is 7.45. The summed E-state index contributed by atoms with van der Waals surface area (Å²) >= 11 is 0. The highest BCUT2D eigenvalue weighted by Gasteiger charge is 2.31. The Morgan fingerprint density at radius 2 is 1.58 bits per heavy atom. The third kappa shape index (κ3) is 4.70. The fraction of sp³-hybridized carbons (Fsp3) is 0.318. The van der Waals surface area contributed by atoms with Crippen molar-refractivity contribution in [1.82, 2.24) is 19.8 Å². The zero-order valence-electron chi connectivity index (χ0n) is 16.7. The maximum atomic E-state index is 12.7. The number of benzene rings is 2. The van der Waals surface area contributed by atoms with Crippen LogP contribution < -0.4 is 0 Å². The Hall–Kier alpha value is -3.36. The minimum absolute atomic E-state index is 0.0120. The smallest absolute Gasteiger partial charge is 0.342 e. The summed E-state index contributed by atoms with van der Waals surface area (Å²) in [6, 6.07) is 11.9. The van der Waals surface area contributed by atoms with Gasteiger partial charge in [0.05, 0.1) is 16.6 Å². The Balaban J connectivity index is 1.28. The molecule has 1 aliphatic rings. The van der Waals surface area contributed by atoms with E-state index in [1.165, 1.54) is 12.1 Å². The molecule has 0 radical (unpaired) electrons. The van der Waals surface area contributed by atoms with Crippen LogP contribution in [-0.4, -0.2) is 57.8 Å². The summed E-state index contributed by atoms with van der Waals surface area (Å²) in [4.78, 5) is 36.0. The zero-order chi connectivity index (χ0) is 22.0. The van der Waals surface area contributed by atoms with E-state index in [2.05, 4.69) is 9.97 Å². The van der Waals surface area contributed by atoms with Gasteiger partial charge >= 0.3 is 6.18 Å². The number of piperazine rings is 1. The molecule has 4 rings (SSSR count). The van der Waals surface area contributed by atoms with Gasteiger partial charge < -0.3 is 14.8 Å². The van der Waals surface area contributed by atoms with Crippen LogP contribution in [0, 0.1) is 0 Å². The van der Waals surface area contributed by atoms with E-state index in [0.29, 0.717) is 39.0 Å². The second kappa shape index (κ2) is 8.41. The summed E-state index contributed by atoms with van der Waals surface area (Å²) in [6.45, 7) is 1.48. The molecule has 0 atom stereocenters. The number of carbonyl (C=O) groups is 2. The molecular formula is C22H21F3N4O2. The summed E-state index contributed by atoms with van der Waals surface area (Å²) in [7, 11) is 0. The van der Waals surface area contributed by atoms with Gasteiger partial charge in [0.1, 0.15) is 5.82 Å². The topological polar surface area (TPSA) is 69.3 Å². The number of amides is 2. The van der Waals surface area contributed by atoms with E-state index in [9.17, 15) is 22.8 Å². The Bertz CT molecular complexity index is 1050. The first kappa shape index (κ1) is 20.9. The van der Waals surface area contributed by atoms with Crippen molar-refractivity contribution >= 4 is 22.8 Å². The van der Waals surface area contributed by atoms with Gasteiger partial charge in [-0.3, -0.25) is 9.59 Å². The molecule has 31 heavy (non-hydrogen) atoms. The SMILES string of the molecule is O=C(CCc1nc2ccccc2[nH]1)N1CCN(C(=O)c2ccc(C(F)(F)F)cc2)CC1. The van der Waals surface area contributed by atoms with Crippen molar-refractivity contribution in [3.63, 3.8) is 0 Å². The minimum Gasteiger partial charge on any atom is -0.342 e. The number of para-hydroxylation sites is 2. The van der Waals surface area contributed by atoms with Gasteiger partial charge in [-0.1, -0.05) is 12.1 Å². The van der Waals surface area contributed by atoms with Crippen molar-refractivity contribution in [2.24, 2.45) is 0 Å². The van der Waals surface area contributed by atoms with E-state index >= 15 is 0 Å². The third-order valence-electron chi connectivity index (χ3n) is 5.39. The monoisotopic (exact) mass is 430 g/mol. The van der Waals surface area contributed by atoms with Crippen molar-refractivity contribution in [2.75, 3.05) is 26.2 Å². The van der Waals surface area contributed by atoms with Gasteiger partial charge in [-0.15, -0.1) is 0 Å². The molecule has 1 aliphatic heterocycles. The maximum Gasteiger partial charge on any atom is 0.416 e. The third-order valence-corrected chi connectivity index (χ3v) is 5.39. The lowest BCUT2D eigenvalue weighted by Gasteiger charge is -2.35. The van der Waals surface area contributed by atoms with Gasteiger partial charge in [0.25, 0.3) is 5.91 Å². The number of alkyl halides is 3. The molecule has 2 heterocycles. The van der Waals surface area contributed by atoms with E-state index in [-0.39, 0.29) is 17.4 Å². The molecule has 0 bridgehead atoms. The number of nitrogens with zero attached hydrogens (tertiary/aromatic N) is 3. The lowest BCUT2D eigenvalue weighted by atomic mass is 10.1. The molecule has 162 valence electrons. The number of hydrogen-bond donors (Lipinski definition) is 1. The van der Waals surface area contributed by atoms with Crippen molar-refractivity contribution in [2.45, 2.75) is 19.0 Å². The number of aromatic amines is 1. The Morgan fingerprint density at radius 3 is 2.23 bits per heavy atom. The van der Waals surface area contributed by atoms with Crippen LogP contribution in [0.2, 0.25) is 0 Å². The summed E-state index contributed by atoms with van der Waals surface area (Å²) < 4.78 is 38.0. The van der Waals surface area contributed by atoms with Crippen molar-refractivity contribution in [3.05, 3.63) is 65.5 Å². The second-order valence-corrected chi connectivity index (χ2v) is 7.45. The average Bonchev–Trinajstić information content (AvgIpc) is 3.19. The summed E-state index contributed by atoms with van der Waals surface area (Å²) in [5.74, 6) is 0.413. The highest BCUT2D eigenvalue weighted by atomic mass is 19.4. The number of carbonyl (C=O) groups excluding carboxylic acids is 2. The van der Waals surface area contributed by atoms with Crippen LogP contribution in [0.1, 0.15) is 28.2 Å². The Morgan fingerprint density at radius 1 is 0.935 bits per heavy atom. The van der Waals surface area contributed by atoms with Crippen molar-refractivity contribution in [1.29, 1.82) is 0 Å². The Kier molecular flexibility index (Phi) is 5.67. The first-order valence-electron chi connectivity index (χ1n) is 9.99. The number of rotatable bonds is 4. The molecule has 0 unspecified atom stereocenters. The number of halogens is 3. The maximum absolute atomic E-state index is 12.7. The number of aryl methyl sites for hydroxylation is 1. The molecule has 6 nitrogen and oxygen atoms in total. The predicted molar refractivity (Wildman–Crippen MR) is 108 cm³/mol. The van der Waals surface area contributed by atoms with E-state index in [0.717, 1.165) is 29.0 Å². The highest BCUT2D eigenvalue weighted by molar-refractivity contribution is 5.94. The van der Waals surface area contributed by atoms with E-state index in [1.807, 2.05) is 24.3 Å². The van der Waals surface area contributed by atoms with Crippen LogP contribution in [0.3, 0.4) is 0 Å². The number of aromatic nitrogens is 2. The van der Waals surface area contributed by atoms with Crippen LogP contribution in [-0.2, 0) is 17.4 Å². The molecule has 0 aliphatic carbocycles. The number of fused-ring (bicyclic) bond motifs is 1. The molecule has 2 aromatic carbocycles. The molecule has 2 amide bonds. The summed E-state index contributed by atoms with van der Waals surface area (Å²) in [5.41, 5.74) is 1.21. The van der Waals surface area contributed by atoms with E-state index < -0.39 is 11.7 Å². The van der Waals surface area contributed by atoms with Crippen LogP contribution in [0.25, 0.3) is 11.0 Å². The van der Waals surface area contributed by atoms with Crippen LogP contribution in [0.15, 0.2) is 48.5 Å². The largest absolute Gasteiger partial charge is 0.416 e. The lowest BCUT2D eigenvalue weighted by Crippen LogP contribution is -2.50. The van der Waals surface area contributed by atoms with Crippen LogP contribution >= 0.6 is 0 Å². The number of hydrogen-bond acceptors (Lipinski definition) is 3. The van der Waals surface area contributed by atoms with Gasteiger partial charge in [-0.25, -0.2) is 4.98 Å². The molecule has 1 aromatic heterocycles. The van der Waals surface area contributed by atoms with Crippen LogP contribution in [0.5, 0.6) is 0 Å². The van der Waals surface area contributed by atoms with Gasteiger partial charge in [-0.05, 0) is 36.4 Å². The average molecular weight is 430 g/mol. The number of imidazole rings is 1. The fourth-order valence-electron chi connectivity index (χ4n) is 3.65.